The van der Waals surface area contributed by atoms with Gasteiger partial charge in [-0.3, -0.25) is 0 Å². The molecule has 8 nitrogen and oxygen atoms in total. The number of hydrogen-bond donors (Lipinski definition) is 6. The molecular formula is C28H47NO7. The lowest BCUT2D eigenvalue weighted by Crippen LogP contribution is -2.62. The molecule has 4 aliphatic carbocycles. The number of fused-ring (bicyclic) bond motifs is 5. The van der Waals surface area contributed by atoms with Gasteiger partial charge in [-0.1, -0.05) is 19.0 Å². The van der Waals surface area contributed by atoms with E-state index in [0.29, 0.717) is 44.2 Å². The lowest BCUT2D eigenvalue weighted by atomic mass is 9.45. The van der Waals surface area contributed by atoms with Crippen molar-refractivity contribution in [1.29, 1.82) is 0 Å². The van der Waals surface area contributed by atoms with Crippen LogP contribution in [-0.4, -0.2) is 78.6 Å². The smallest absolute Gasteiger partial charge is 0.106 e. The van der Waals surface area contributed by atoms with E-state index in [1.54, 1.807) is 20.8 Å². The Morgan fingerprint density at radius 2 is 1.75 bits per heavy atom. The van der Waals surface area contributed by atoms with Gasteiger partial charge in [0.1, 0.15) is 7.11 Å². The number of aliphatic hydroxyl groups excluding tert-OH is 3. The quantitative estimate of drug-likeness (QED) is 0.302. The Balaban J connectivity index is 1.71. The molecule has 3 fully saturated rings. The molecule has 6 N–H and O–H groups in total. The average molecular weight is 510 g/mol. The molecule has 2 unspecified atom stereocenters. The van der Waals surface area contributed by atoms with Gasteiger partial charge < -0.3 is 35.5 Å². The maximum Gasteiger partial charge on any atom is 0.106 e. The Kier molecular flexibility index (Phi) is 7.02. The van der Waals surface area contributed by atoms with Crippen LogP contribution in [0.15, 0.2) is 16.8 Å². The number of hydrogen-bond acceptors (Lipinski definition) is 8. The molecule has 3 saturated carbocycles. The number of allylic oxidation sites excluding steroid dienone is 1. The molecule has 36 heavy (non-hydrogen) atoms. The summed E-state index contributed by atoms with van der Waals surface area (Å²) in [5, 5.41) is 70.6. The van der Waals surface area contributed by atoms with E-state index in [9.17, 15) is 30.6 Å². The van der Waals surface area contributed by atoms with Crippen LogP contribution in [0.4, 0.5) is 0 Å². The lowest BCUT2D eigenvalue weighted by Gasteiger charge is -2.61. The largest absolute Gasteiger partial charge is 0.399 e. The van der Waals surface area contributed by atoms with Crippen molar-refractivity contribution in [1.82, 2.24) is 0 Å². The minimum Gasteiger partial charge on any atom is -0.399 e. The topological polar surface area (TPSA) is 143 Å². The molecule has 8 heteroatoms. The summed E-state index contributed by atoms with van der Waals surface area (Å²) >= 11 is 0. The molecule has 0 radical (unpaired) electrons. The highest BCUT2D eigenvalue weighted by Gasteiger charge is 2.69. The van der Waals surface area contributed by atoms with E-state index in [2.05, 4.69) is 12.1 Å². The number of nitrogens with zero attached hydrogens (tertiary/aromatic N) is 1. The van der Waals surface area contributed by atoms with Gasteiger partial charge in [-0.25, -0.2) is 0 Å². The fraction of sp³-hybridized carbons (Fsp3) is 0.893. The first-order valence-electron chi connectivity index (χ1n) is 13.6. The number of oxime groups is 1. The second-order valence-corrected chi connectivity index (χ2v) is 13.5. The van der Waals surface area contributed by atoms with Crippen LogP contribution in [0.3, 0.4) is 0 Å². The molecule has 0 aliphatic heterocycles. The SMILES string of the molecule is CO/N=C1\C=C2C(CC[C@]3(C)C([C@@](C)(O)[C@H](O)CCC(C)(C)O)CC[C@@]23O)[C@@]2(C)C[C@H](O)[C@H](O)C[C@@H]12. The van der Waals surface area contributed by atoms with Crippen LogP contribution in [0.1, 0.15) is 86.0 Å². The monoisotopic (exact) mass is 509 g/mol. The van der Waals surface area contributed by atoms with Crippen LogP contribution in [0.5, 0.6) is 0 Å². The molecule has 10 atom stereocenters. The number of rotatable bonds is 6. The molecule has 206 valence electrons. The highest BCUT2D eigenvalue weighted by Crippen LogP contribution is 2.68. The fourth-order valence-electron chi connectivity index (χ4n) is 8.54. The molecule has 4 rings (SSSR count). The van der Waals surface area contributed by atoms with Crippen LogP contribution < -0.4 is 0 Å². The third-order valence-corrected chi connectivity index (χ3v) is 10.7. The van der Waals surface area contributed by atoms with Gasteiger partial charge in [0.15, 0.2) is 0 Å². The lowest BCUT2D eigenvalue weighted by molar-refractivity contribution is -0.172. The van der Waals surface area contributed by atoms with E-state index in [0.717, 1.165) is 12.0 Å². The molecule has 0 amide bonds. The van der Waals surface area contributed by atoms with Gasteiger partial charge in [0.2, 0.25) is 0 Å². The third kappa shape index (κ3) is 4.16. The van der Waals surface area contributed by atoms with Crippen LogP contribution >= 0.6 is 0 Å². The summed E-state index contributed by atoms with van der Waals surface area (Å²) in [6.07, 6.45) is 3.13. The molecule has 0 spiro atoms. The average Bonchev–Trinajstić information content (AvgIpc) is 3.05. The highest BCUT2D eigenvalue weighted by atomic mass is 16.6. The summed E-state index contributed by atoms with van der Waals surface area (Å²) in [6, 6.07) is 0. The second kappa shape index (κ2) is 9.02. The van der Waals surface area contributed by atoms with Gasteiger partial charge >= 0.3 is 0 Å². The van der Waals surface area contributed by atoms with Crippen LogP contribution in [0.25, 0.3) is 0 Å². The maximum atomic E-state index is 12.4. The van der Waals surface area contributed by atoms with E-state index in [1.165, 1.54) is 7.11 Å². The zero-order valence-electron chi connectivity index (χ0n) is 22.7. The first kappa shape index (κ1) is 28.0. The summed E-state index contributed by atoms with van der Waals surface area (Å²) in [7, 11) is 1.49. The summed E-state index contributed by atoms with van der Waals surface area (Å²) < 4.78 is 0. The third-order valence-electron chi connectivity index (χ3n) is 10.7. The second-order valence-electron chi connectivity index (χ2n) is 13.5. The zero-order valence-corrected chi connectivity index (χ0v) is 22.7. The van der Waals surface area contributed by atoms with E-state index < -0.39 is 45.9 Å². The van der Waals surface area contributed by atoms with Gasteiger partial charge in [0, 0.05) is 11.3 Å². The minimum absolute atomic E-state index is 0.00217. The maximum absolute atomic E-state index is 12.4. The van der Waals surface area contributed by atoms with Crippen LogP contribution in [-0.2, 0) is 4.84 Å². The number of aliphatic hydroxyl groups is 6. The Hall–Kier alpha value is -1.03. The van der Waals surface area contributed by atoms with Crippen molar-refractivity contribution in [3.05, 3.63) is 11.6 Å². The Morgan fingerprint density at radius 1 is 1.08 bits per heavy atom. The molecule has 0 saturated heterocycles. The van der Waals surface area contributed by atoms with Crippen molar-refractivity contribution in [2.45, 2.75) is 121 Å². The predicted octanol–water partition coefficient (Wildman–Crippen LogP) is 2.29. The standard InChI is InChI=1S/C28H47NO7/c1-24(2,33)10-9-23(32)27(5,34)22-8-12-28(35)17-13-19(29-36-6)18-14-20(30)21(31)15-25(18,3)16(17)7-11-26(22,28)4/h13,16,18,20-23,30-35H,7-12,14-15H2,1-6H3/b29-19+/t16?,18-,20+,21-,22?,23+,25+,26+,27+,28+/m0/s1. The first-order chi connectivity index (χ1) is 16.5. The van der Waals surface area contributed by atoms with Crippen LogP contribution in [0.2, 0.25) is 0 Å². The molecule has 0 aromatic rings. The van der Waals surface area contributed by atoms with Gasteiger partial charge in [-0.2, -0.15) is 0 Å². The summed E-state index contributed by atoms with van der Waals surface area (Å²) in [4.78, 5) is 5.17. The predicted molar refractivity (Wildman–Crippen MR) is 136 cm³/mol. The Labute approximate surface area is 215 Å². The molecule has 0 aromatic carbocycles. The first-order valence-corrected chi connectivity index (χ1v) is 13.6. The van der Waals surface area contributed by atoms with E-state index in [4.69, 9.17) is 4.84 Å². The molecule has 0 bridgehead atoms. The van der Waals surface area contributed by atoms with E-state index in [-0.39, 0.29) is 24.2 Å². The van der Waals surface area contributed by atoms with Crippen molar-refractivity contribution < 1.29 is 35.5 Å². The van der Waals surface area contributed by atoms with Crippen molar-refractivity contribution in [3.8, 4) is 0 Å². The normalized spacial score (nSPS) is 46.3. The molecular weight excluding hydrogens is 462 g/mol. The summed E-state index contributed by atoms with van der Waals surface area (Å²) in [5.41, 5.74) is -3.11. The summed E-state index contributed by atoms with van der Waals surface area (Å²) in [6.45, 7) is 9.20. The molecule has 0 heterocycles. The zero-order chi connectivity index (χ0) is 26.9. The van der Waals surface area contributed by atoms with E-state index >= 15 is 0 Å². The van der Waals surface area contributed by atoms with Crippen LogP contribution in [0, 0.1) is 28.6 Å². The Morgan fingerprint density at radius 3 is 2.36 bits per heavy atom. The van der Waals surface area contributed by atoms with E-state index in [1.807, 2.05) is 13.0 Å². The van der Waals surface area contributed by atoms with Gasteiger partial charge in [-0.15, -0.1) is 0 Å². The molecule has 4 aliphatic rings. The van der Waals surface area contributed by atoms with Crippen molar-refractivity contribution in [2.24, 2.45) is 33.7 Å². The van der Waals surface area contributed by atoms with Crippen molar-refractivity contribution >= 4 is 5.71 Å². The van der Waals surface area contributed by atoms with Crippen molar-refractivity contribution in [3.63, 3.8) is 0 Å². The summed E-state index contributed by atoms with van der Waals surface area (Å²) in [5.74, 6) is -0.440. The van der Waals surface area contributed by atoms with Gasteiger partial charge in [0.25, 0.3) is 0 Å². The van der Waals surface area contributed by atoms with Gasteiger partial charge in [0.05, 0.1) is 40.8 Å². The fourth-order valence-corrected chi connectivity index (χ4v) is 8.54. The Bertz CT molecular complexity index is 910. The van der Waals surface area contributed by atoms with Crippen molar-refractivity contribution in [2.75, 3.05) is 7.11 Å². The minimum atomic E-state index is -1.44. The highest BCUT2D eigenvalue weighted by molar-refractivity contribution is 5.99. The van der Waals surface area contributed by atoms with Gasteiger partial charge in [-0.05, 0) is 101 Å². The molecule has 0 aromatic heterocycles.